The normalized spacial score (nSPS) is 14.7. The summed E-state index contributed by atoms with van der Waals surface area (Å²) in [6.07, 6.45) is 0. The highest BCUT2D eigenvalue weighted by molar-refractivity contribution is 7.85. The summed E-state index contributed by atoms with van der Waals surface area (Å²) in [4.78, 5) is 0. The van der Waals surface area contributed by atoms with Gasteiger partial charge in [-0.2, -0.15) is 0 Å². The van der Waals surface area contributed by atoms with Crippen LogP contribution >= 0.6 is 7.14 Å². The standard InChI is InChI=1S/C68H43OP/c1-40-32-59-65-61(34-40)68(56-23-12-10-21-52(56)54-31-29-50(39-58(54)68)70(69,48-16-5-3-6-17-48)49-18-7-4-8-19-49)62-35-41(2)33-60(66(62)65)67(59)55-22-11-9-20-51(55)53-30-28-44(38-57(53)67)47-36-45-26-24-42-14-13-15-43-25-27-46(37-47)64(45)63(42)43/h3-39H,1-2H3. The fraction of sp³-hybridized carbons (Fsp3) is 0.0588. The highest BCUT2D eigenvalue weighted by atomic mass is 31.2. The van der Waals surface area contributed by atoms with Crippen molar-refractivity contribution in [2.75, 3.05) is 0 Å². The van der Waals surface area contributed by atoms with Gasteiger partial charge in [0, 0.05) is 15.9 Å². The van der Waals surface area contributed by atoms with Crippen LogP contribution in [0.4, 0.5) is 0 Å². The van der Waals surface area contributed by atoms with Gasteiger partial charge >= 0.3 is 0 Å². The Hall–Kier alpha value is -8.09. The van der Waals surface area contributed by atoms with Crippen molar-refractivity contribution in [1.82, 2.24) is 0 Å². The van der Waals surface area contributed by atoms with Gasteiger partial charge in [-0.25, -0.2) is 0 Å². The van der Waals surface area contributed by atoms with Crippen LogP contribution in [0.2, 0.25) is 0 Å². The molecule has 0 saturated carbocycles. The van der Waals surface area contributed by atoms with Gasteiger partial charge in [-0.05, 0) is 159 Å². The van der Waals surface area contributed by atoms with Crippen molar-refractivity contribution in [2.45, 2.75) is 24.7 Å². The van der Waals surface area contributed by atoms with E-state index in [2.05, 4.69) is 178 Å². The predicted molar refractivity (Wildman–Crippen MR) is 292 cm³/mol. The number of benzene rings is 12. The molecule has 1 nitrogen and oxygen atoms in total. The van der Waals surface area contributed by atoms with Gasteiger partial charge in [0.1, 0.15) is 0 Å². The van der Waals surface area contributed by atoms with Crippen LogP contribution in [0.1, 0.15) is 55.6 Å². The Balaban J connectivity index is 0.974. The fourth-order valence-electron chi connectivity index (χ4n) is 14.3. The number of aryl methyl sites for hydroxylation is 2. The Morgan fingerprint density at radius 1 is 0.300 bits per heavy atom. The first-order valence-corrected chi connectivity index (χ1v) is 26.3. The van der Waals surface area contributed by atoms with Crippen molar-refractivity contribution in [2.24, 2.45) is 0 Å². The van der Waals surface area contributed by atoms with E-state index >= 15 is 4.57 Å². The van der Waals surface area contributed by atoms with Gasteiger partial charge in [-0.1, -0.05) is 211 Å². The Labute approximate surface area is 407 Å². The molecule has 326 valence electrons. The van der Waals surface area contributed by atoms with E-state index in [0.29, 0.717) is 0 Å². The smallest absolute Gasteiger partial charge is 0.171 e. The molecule has 0 unspecified atom stereocenters. The van der Waals surface area contributed by atoms with E-state index in [1.807, 2.05) is 60.7 Å². The zero-order valence-corrected chi connectivity index (χ0v) is 39.6. The molecule has 0 aromatic heterocycles. The second-order valence-electron chi connectivity index (χ2n) is 20.3. The third kappa shape index (κ3) is 4.54. The van der Waals surface area contributed by atoms with Crippen LogP contribution in [0.3, 0.4) is 0 Å². The molecule has 0 N–H and O–H groups in total. The monoisotopic (exact) mass is 906 g/mol. The molecule has 12 aromatic carbocycles. The zero-order chi connectivity index (χ0) is 46.3. The molecular weight excluding hydrogens is 864 g/mol. The van der Waals surface area contributed by atoms with Crippen LogP contribution in [0.25, 0.3) is 76.8 Å². The van der Waals surface area contributed by atoms with E-state index in [0.717, 1.165) is 15.9 Å². The van der Waals surface area contributed by atoms with Gasteiger partial charge in [0.05, 0.1) is 10.8 Å². The van der Waals surface area contributed by atoms with Crippen LogP contribution < -0.4 is 15.9 Å². The average Bonchev–Trinajstić information content (AvgIpc) is 4.10. The summed E-state index contributed by atoms with van der Waals surface area (Å²) in [6.45, 7) is 4.59. The van der Waals surface area contributed by atoms with E-state index in [-0.39, 0.29) is 0 Å². The Bertz CT molecular complexity index is 4180. The maximum atomic E-state index is 16.2. The lowest BCUT2D eigenvalue weighted by Gasteiger charge is -2.37. The molecule has 2 heteroatoms. The zero-order valence-electron chi connectivity index (χ0n) is 38.7. The molecule has 2 spiro atoms. The van der Waals surface area contributed by atoms with Crippen molar-refractivity contribution in [3.63, 3.8) is 0 Å². The lowest BCUT2D eigenvalue weighted by Crippen LogP contribution is -2.32. The van der Waals surface area contributed by atoms with Crippen LogP contribution in [-0.2, 0) is 15.4 Å². The number of fused-ring (bicyclic) bond motifs is 14. The van der Waals surface area contributed by atoms with Gasteiger partial charge in [-0.15, -0.1) is 0 Å². The largest absolute Gasteiger partial charge is 0.309 e. The lowest BCUT2D eigenvalue weighted by atomic mass is 9.64. The molecule has 0 fully saturated rings. The number of rotatable bonds is 4. The van der Waals surface area contributed by atoms with E-state index in [9.17, 15) is 0 Å². The first kappa shape index (κ1) is 38.8. The molecule has 0 amide bonds. The number of hydrogen-bond donors (Lipinski definition) is 0. The summed E-state index contributed by atoms with van der Waals surface area (Å²) in [5, 5.41) is 10.4. The van der Waals surface area contributed by atoms with Crippen molar-refractivity contribution in [3.8, 4) is 44.5 Å². The molecule has 4 aliphatic carbocycles. The Morgan fingerprint density at radius 3 is 1.26 bits per heavy atom. The third-order valence-electron chi connectivity index (χ3n) is 16.9. The predicted octanol–water partition coefficient (Wildman–Crippen LogP) is 15.5. The molecule has 16 rings (SSSR count). The molecular formula is C68H43OP. The third-order valence-corrected chi connectivity index (χ3v) is 20.0. The minimum atomic E-state index is -3.30. The second-order valence-corrected chi connectivity index (χ2v) is 23.1. The highest BCUT2D eigenvalue weighted by Gasteiger charge is 2.61. The van der Waals surface area contributed by atoms with E-state index in [1.54, 1.807) is 0 Å². The summed E-state index contributed by atoms with van der Waals surface area (Å²) in [5.41, 5.74) is 22.1. The summed E-state index contributed by atoms with van der Waals surface area (Å²) in [6, 6.07) is 83.3. The van der Waals surface area contributed by atoms with Crippen molar-refractivity contribution in [3.05, 3.63) is 280 Å². The van der Waals surface area contributed by atoms with Crippen molar-refractivity contribution < 1.29 is 4.57 Å². The summed E-state index contributed by atoms with van der Waals surface area (Å²) >= 11 is 0. The molecule has 0 heterocycles. The minimum Gasteiger partial charge on any atom is -0.309 e. The summed E-state index contributed by atoms with van der Waals surface area (Å²) in [5.74, 6) is 0. The van der Waals surface area contributed by atoms with Gasteiger partial charge in [0.15, 0.2) is 7.14 Å². The maximum absolute atomic E-state index is 16.2. The molecule has 70 heavy (non-hydrogen) atoms. The Kier molecular flexibility index (Phi) is 7.41. The van der Waals surface area contributed by atoms with Crippen LogP contribution in [-0.4, -0.2) is 0 Å². The van der Waals surface area contributed by atoms with Gasteiger partial charge < -0.3 is 4.57 Å². The van der Waals surface area contributed by atoms with Gasteiger partial charge in [0.2, 0.25) is 0 Å². The van der Waals surface area contributed by atoms with E-state index in [4.69, 9.17) is 0 Å². The summed E-state index contributed by atoms with van der Waals surface area (Å²) in [7, 11) is -3.30. The number of hydrogen-bond acceptors (Lipinski definition) is 1. The van der Waals surface area contributed by atoms with E-state index in [1.165, 1.54) is 132 Å². The molecule has 12 aromatic rings. The van der Waals surface area contributed by atoms with Crippen LogP contribution in [0, 0.1) is 13.8 Å². The molecule has 0 radical (unpaired) electrons. The minimum absolute atomic E-state index is 0.537. The topological polar surface area (TPSA) is 17.1 Å². The lowest BCUT2D eigenvalue weighted by molar-refractivity contribution is 0.592. The second kappa shape index (κ2) is 13.4. The average molecular weight is 907 g/mol. The quantitative estimate of drug-likeness (QED) is 0.127. The molecule has 0 aliphatic heterocycles. The highest BCUT2D eigenvalue weighted by Crippen LogP contribution is 2.72. The molecule has 0 saturated heterocycles. The Morgan fingerprint density at radius 2 is 0.729 bits per heavy atom. The SMILES string of the molecule is Cc1cc2c3c(c1)C1(c4ccccc4-c4ccc(P(=O)(c5ccccc5)c5ccccc5)cc41)c1cc(C)cc(c1-3)C21c2ccccc2-c2ccc(-c3cc4ccc5cccc6ccc(c3)c4c56)cc21. The van der Waals surface area contributed by atoms with Crippen molar-refractivity contribution in [1.29, 1.82) is 0 Å². The molecule has 0 atom stereocenters. The summed E-state index contributed by atoms with van der Waals surface area (Å²) < 4.78 is 16.2. The van der Waals surface area contributed by atoms with Gasteiger partial charge in [-0.3, -0.25) is 0 Å². The van der Waals surface area contributed by atoms with Crippen LogP contribution in [0.15, 0.2) is 224 Å². The fourth-order valence-corrected chi connectivity index (χ4v) is 17.0. The first-order valence-electron chi connectivity index (χ1n) is 24.6. The van der Waals surface area contributed by atoms with E-state index < -0.39 is 18.0 Å². The molecule has 4 aliphatic rings. The maximum Gasteiger partial charge on any atom is 0.171 e. The molecule has 0 bridgehead atoms. The van der Waals surface area contributed by atoms with Crippen LogP contribution in [0.5, 0.6) is 0 Å². The first-order chi connectivity index (χ1) is 34.4. The van der Waals surface area contributed by atoms with Crippen molar-refractivity contribution >= 4 is 55.4 Å². The van der Waals surface area contributed by atoms with Gasteiger partial charge in [0.25, 0.3) is 0 Å².